The van der Waals surface area contributed by atoms with E-state index in [4.69, 9.17) is 9.15 Å². The van der Waals surface area contributed by atoms with Gasteiger partial charge in [0.05, 0.1) is 24.4 Å². The maximum atomic E-state index is 12.3. The fourth-order valence-corrected chi connectivity index (χ4v) is 4.28. The third-order valence-electron chi connectivity index (χ3n) is 5.28. The Balaban J connectivity index is 1.35. The van der Waals surface area contributed by atoms with Gasteiger partial charge in [-0.3, -0.25) is 10.2 Å². The Morgan fingerprint density at radius 1 is 1.13 bits per heavy atom. The first kappa shape index (κ1) is 20.3. The number of nitrogens with zero attached hydrogens (tertiary/aromatic N) is 2. The number of hydrogen-bond donors (Lipinski definition) is 2. The molecule has 0 unspecified atom stereocenters. The minimum absolute atomic E-state index is 0.00731. The van der Waals surface area contributed by atoms with Gasteiger partial charge >= 0.3 is 6.03 Å². The molecule has 1 fully saturated rings. The summed E-state index contributed by atoms with van der Waals surface area (Å²) in [5, 5.41) is 8.62. The van der Waals surface area contributed by atoms with Gasteiger partial charge in [-0.2, -0.15) is 0 Å². The summed E-state index contributed by atoms with van der Waals surface area (Å²) < 4.78 is 10.9. The predicted octanol–water partition coefficient (Wildman–Crippen LogP) is 4.03. The largest absolute Gasteiger partial charge is 0.497 e. The minimum Gasteiger partial charge on any atom is -0.497 e. The lowest BCUT2D eigenvalue weighted by Gasteiger charge is -2.39. The normalized spacial score (nSPS) is 15.6. The van der Waals surface area contributed by atoms with Crippen LogP contribution in [0.4, 0.5) is 15.5 Å². The number of carbonyl (C=O) groups excluding carboxylic acids is 1. The zero-order chi connectivity index (χ0) is 20.8. The van der Waals surface area contributed by atoms with E-state index in [9.17, 15) is 4.79 Å². The van der Waals surface area contributed by atoms with Gasteiger partial charge in [-0.15, -0.1) is 11.3 Å². The lowest BCUT2D eigenvalue weighted by molar-refractivity contribution is 0.162. The van der Waals surface area contributed by atoms with Gasteiger partial charge in [0, 0.05) is 38.4 Å². The molecule has 158 valence electrons. The summed E-state index contributed by atoms with van der Waals surface area (Å²) in [5.41, 5.74) is 1.19. The summed E-state index contributed by atoms with van der Waals surface area (Å²) in [7, 11) is 1.68. The molecule has 1 atom stereocenters. The number of ether oxygens (including phenoxy) is 1. The zero-order valence-electron chi connectivity index (χ0n) is 16.9. The summed E-state index contributed by atoms with van der Waals surface area (Å²) in [5.74, 6) is 1.73. The van der Waals surface area contributed by atoms with Gasteiger partial charge in [-0.25, -0.2) is 4.79 Å². The molecule has 1 saturated heterocycles. The SMILES string of the molecule is COc1ccc(N2CCN([C@H](CNC(=O)Nc3cccs3)c3ccco3)CC2)cc1. The van der Waals surface area contributed by atoms with Gasteiger partial charge in [0.25, 0.3) is 0 Å². The minimum atomic E-state index is -0.203. The number of nitrogens with one attached hydrogen (secondary N) is 2. The first-order valence-corrected chi connectivity index (χ1v) is 10.9. The molecule has 4 rings (SSSR count). The van der Waals surface area contributed by atoms with Crippen LogP contribution in [0.1, 0.15) is 11.8 Å². The maximum absolute atomic E-state index is 12.3. The van der Waals surface area contributed by atoms with Gasteiger partial charge in [0.2, 0.25) is 0 Å². The molecule has 8 heteroatoms. The highest BCUT2D eigenvalue weighted by molar-refractivity contribution is 7.14. The van der Waals surface area contributed by atoms with Crippen LogP contribution in [-0.4, -0.2) is 50.8 Å². The van der Waals surface area contributed by atoms with Crippen LogP contribution in [0.15, 0.2) is 64.6 Å². The monoisotopic (exact) mass is 426 g/mol. The van der Waals surface area contributed by atoms with Crippen molar-refractivity contribution in [3.63, 3.8) is 0 Å². The van der Waals surface area contributed by atoms with E-state index in [1.54, 1.807) is 13.4 Å². The number of hydrogen-bond acceptors (Lipinski definition) is 6. The fourth-order valence-electron chi connectivity index (χ4n) is 3.67. The molecule has 2 amide bonds. The van der Waals surface area contributed by atoms with Crippen LogP contribution in [0.25, 0.3) is 0 Å². The number of benzene rings is 1. The van der Waals surface area contributed by atoms with Crippen molar-refractivity contribution in [1.82, 2.24) is 10.2 Å². The smallest absolute Gasteiger partial charge is 0.319 e. The van der Waals surface area contributed by atoms with Crippen molar-refractivity contribution < 1.29 is 13.9 Å². The van der Waals surface area contributed by atoms with Crippen LogP contribution < -0.4 is 20.3 Å². The lowest BCUT2D eigenvalue weighted by atomic mass is 10.1. The molecule has 0 bridgehead atoms. The Morgan fingerprint density at radius 3 is 2.57 bits per heavy atom. The Bertz CT molecular complexity index is 905. The molecule has 2 N–H and O–H groups in total. The average molecular weight is 427 g/mol. The molecule has 0 aliphatic carbocycles. The summed E-state index contributed by atoms with van der Waals surface area (Å²) in [6.07, 6.45) is 1.68. The van der Waals surface area contributed by atoms with E-state index < -0.39 is 0 Å². The van der Waals surface area contributed by atoms with E-state index in [1.165, 1.54) is 17.0 Å². The van der Waals surface area contributed by atoms with E-state index in [2.05, 4.69) is 32.6 Å². The molecule has 0 spiro atoms. The molecule has 3 heterocycles. The predicted molar refractivity (Wildman–Crippen MR) is 120 cm³/mol. The highest BCUT2D eigenvalue weighted by atomic mass is 32.1. The number of thiophene rings is 1. The quantitative estimate of drug-likeness (QED) is 0.597. The fraction of sp³-hybridized carbons (Fsp3) is 0.318. The second kappa shape index (κ2) is 9.69. The van der Waals surface area contributed by atoms with Crippen molar-refractivity contribution >= 4 is 28.1 Å². The Hall–Kier alpha value is -2.97. The summed E-state index contributed by atoms with van der Waals surface area (Å²) in [6.45, 7) is 4.06. The molecule has 0 radical (unpaired) electrons. The van der Waals surface area contributed by atoms with E-state index >= 15 is 0 Å². The van der Waals surface area contributed by atoms with Crippen molar-refractivity contribution in [2.45, 2.75) is 6.04 Å². The van der Waals surface area contributed by atoms with E-state index in [0.717, 1.165) is 42.7 Å². The van der Waals surface area contributed by atoms with Crippen LogP contribution in [0.5, 0.6) is 5.75 Å². The van der Waals surface area contributed by atoms with Gasteiger partial charge in [-0.05, 0) is 53.9 Å². The van der Waals surface area contributed by atoms with Gasteiger partial charge in [0.1, 0.15) is 11.5 Å². The van der Waals surface area contributed by atoms with Gasteiger partial charge in [0.15, 0.2) is 0 Å². The highest BCUT2D eigenvalue weighted by Crippen LogP contribution is 2.25. The number of rotatable bonds is 7. The van der Waals surface area contributed by atoms with E-state index in [-0.39, 0.29) is 12.1 Å². The van der Waals surface area contributed by atoms with Crippen molar-refractivity contribution in [1.29, 1.82) is 0 Å². The molecule has 1 aliphatic heterocycles. The van der Waals surface area contributed by atoms with Crippen LogP contribution in [0.2, 0.25) is 0 Å². The third-order valence-corrected chi connectivity index (χ3v) is 6.06. The molecule has 30 heavy (non-hydrogen) atoms. The first-order valence-electron chi connectivity index (χ1n) is 9.98. The molecule has 1 aromatic carbocycles. The van der Waals surface area contributed by atoms with Crippen molar-refractivity contribution in [2.75, 3.05) is 50.1 Å². The second-order valence-electron chi connectivity index (χ2n) is 7.06. The molecular weight excluding hydrogens is 400 g/mol. The average Bonchev–Trinajstić information content (AvgIpc) is 3.49. The number of piperazine rings is 1. The van der Waals surface area contributed by atoms with E-state index in [0.29, 0.717) is 6.54 Å². The van der Waals surface area contributed by atoms with Crippen molar-refractivity contribution in [3.8, 4) is 5.75 Å². The molecule has 0 saturated carbocycles. The molecule has 1 aliphatic rings. The number of furan rings is 1. The van der Waals surface area contributed by atoms with E-state index in [1.807, 2.05) is 41.8 Å². The Morgan fingerprint density at radius 2 is 1.93 bits per heavy atom. The maximum Gasteiger partial charge on any atom is 0.319 e. The van der Waals surface area contributed by atoms with Crippen molar-refractivity contribution in [2.24, 2.45) is 0 Å². The molecule has 7 nitrogen and oxygen atoms in total. The molecule has 3 aromatic rings. The summed E-state index contributed by atoms with van der Waals surface area (Å²) in [4.78, 5) is 17.0. The van der Waals surface area contributed by atoms with Gasteiger partial charge < -0.3 is 19.4 Å². The second-order valence-corrected chi connectivity index (χ2v) is 8.01. The Kier molecular flexibility index (Phi) is 6.56. The van der Waals surface area contributed by atoms with Crippen LogP contribution in [0, 0.1) is 0 Å². The van der Waals surface area contributed by atoms with Crippen LogP contribution >= 0.6 is 11.3 Å². The summed E-state index contributed by atoms with van der Waals surface area (Å²) >= 11 is 1.50. The standard InChI is InChI=1S/C22H26N4O3S/c1-28-18-8-6-17(7-9-18)25-10-12-26(13-11-25)19(20-4-2-14-29-20)16-23-22(27)24-21-5-3-15-30-21/h2-9,14-15,19H,10-13,16H2,1H3,(H2,23,24,27)/t19-/m1/s1. The third kappa shape index (κ3) is 4.95. The van der Waals surface area contributed by atoms with Crippen LogP contribution in [0.3, 0.4) is 0 Å². The Labute approximate surface area is 180 Å². The highest BCUT2D eigenvalue weighted by Gasteiger charge is 2.27. The number of amides is 2. The topological polar surface area (TPSA) is 70.0 Å². The van der Waals surface area contributed by atoms with Crippen molar-refractivity contribution in [3.05, 3.63) is 65.9 Å². The van der Waals surface area contributed by atoms with Crippen LogP contribution in [-0.2, 0) is 0 Å². The zero-order valence-corrected chi connectivity index (χ0v) is 17.7. The number of methoxy groups -OCH3 is 1. The molecule has 2 aromatic heterocycles. The van der Waals surface area contributed by atoms with Gasteiger partial charge in [-0.1, -0.05) is 0 Å². The first-order chi connectivity index (χ1) is 14.7. The summed E-state index contributed by atoms with van der Waals surface area (Å²) in [6, 6.07) is 15.6. The lowest BCUT2D eigenvalue weighted by Crippen LogP contribution is -2.50. The molecular formula is C22H26N4O3S. The number of carbonyl (C=O) groups is 1. The number of anilines is 2. The number of urea groups is 1.